The Balaban J connectivity index is 2.12. The molecule has 2 aromatic rings. The summed E-state index contributed by atoms with van der Waals surface area (Å²) >= 11 is 0. The Morgan fingerprint density at radius 3 is 2.59 bits per heavy atom. The lowest BCUT2D eigenvalue weighted by molar-refractivity contribution is -0.384. The lowest BCUT2D eigenvalue weighted by Crippen LogP contribution is -2.11. The largest absolute Gasteiger partial charge is 0.465 e. The van der Waals surface area contributed by atoms with Crippen LogP contribution >= 0.6 is 0 Å². The molecule has 22 heavy (non-hydrogen) atoms. The van der Waals surface area contributed by atoms with Crippen molar-refractivity contribution in [2.45, 2.75) is 6.42 Å². The second-order valence-electron chi connectivity index (χ2n) is 4.64. The first kappa shape index (κ1) is 15.5. The predicted molar refractivity (Wildman–Crippen MR) is 83.1 cm³/mol. The Morgan fingerprint density at radius 2 is 1.95 bits per heavy atom. The lowest BCUT2D eigenvalue weighted by Gasteiger charge is -2.10. The summed E-state index contributed by atoms with van der Waals surface area (Å²) < 4.78 is 4.67. The first-order valence-electron chi connectivity index (χ1n) is 6.76. The highest BCUT2D eigenvalue weighted by Crippen LogP contribution is 2.23. The van der Waals surface area contributed by atoms with Gasteiger partial charge in [-0.15, -0.1) is 0 Å². The number of hydrogen-bond donors (Lipinski definition) is 1. The molecule has 0 aliphatic carbocycles. The van der Waals surface area contributed by atoms with Crippen molar-refractivity contribution in [2.24, 2.45) is 0 Å². The van der Waals surface area contributed by atoms with Gasteiger partial charge >= 0.3 is 5.97 Å². The van der Waals surface area contributed by atoms with Crippen LogP contribution in [0.1, 0.15) is 15.9 Å². The zero-order valence-corrected chi connectivity index (χ0v) is 12.1. The predicted octanol–water partition coefficient (Wildman–Crippen LogP) is 3.04. The summed E-state index contributed by atoms with van der Waals surface area (Å²) in [4.78, 5) is 22.0. The third-order valence-electron chi connectivity index (χ3n) is 3.19. The van der Waals surface area contributed by atoms with Crippen molar-refractivity contribution in [3.8, 4) is 0 Å². The molecule has 0 saturated carbocycles. The number of esters is 1. The van der Waals surface area contributed by atoms with Gasteiger partial charge in [0.05, 0.1) is 17.6 Å². The second-order valence-corrected chi connectivity index (χ2v) is 4.64. The van der Waals surface area contributed by atoms with E-state index in [4.69, 9.17) is 0 Å². The van der Waals surface area contributed by atoms with Gasteiger partial charge in [-0.05, 0) is 18.1 Å². The first-order chi connectivity index (χ1) is 10.6. The number of non-ortho nitro benzene ring substituents is 1. The van der Waals surface area contributed by atoms with Crippen LogP contribution in [0.4, 0.5) is 11.4 Å². The van der Waals surface area contributed by atoms with Crippen LogP contribution < -0.4 is 5.32 Å². The molecule has 2 aromatic carbocycles. The molecular weight excluding hydrogens is 284 g/mol. The number of hydrogen-bond acceptors (Lipinski definition) is 5. The molecule has 0 spiro atoms. The van der Waals surface area contributed by atoms with E-state index >= 15 is 0 Å². The van der Waals surface area contributed by atoms with Crippen molar-refractivity contribution in [3.63, 3.8) is 0 Å². The van der Waals surface area contributed by atoms with Gasteiger partial charge in [0.1, 0.15) is 0 Å². The fourth-order valence-corrected chi connectivity index (χ4v) is 2.06. The van der Waals surface area contributed by atoms with Gasteiger partial charge in [0.15, 0.2) is 0 Å². The molecule has 1 N–H and O–H groups in total. The summed E-state index contributed by atoms with van der Waals surface area (Å²) in [6.45, 7) is 0.603. The Labute approximate surface area is 127 Å². The molecule has 0 aromatic heterocycles. The molecular formula is C16H16N2O4. The minimum atomic E-state index is -0.606. The Kier molecular flexibility index (Phi) is 5.08. The monoisotopic (exact) mass is 300 g/mol. The molecule has 114 valence electrons. The topological polar surface area (TPSA) is 81.5 Å². The van der Waals surface area contributed by atoms with Gasteiger partial charge in [-0.2, -0.15) is 0 Å². The number of nitrogens with zero attached hydrogens (tertiary/aromatic N) is 1. The number of carbonyl (C=O) groups is 1. The number of rotatable bonds is 6. The van der Waals surface area contributed by atoms with Gasteiger partial charge in [0.2, 0.25) is 0 Å². The van der Waals surface area contributed by atoms with E-state index in [0.717, 1.165) is 12.0 Å². The normalized spacial score (nSPS) is 10.0. The van der Waals surface area contributed by atoms with Crippen molar-refractivity contribution in [2.75, 3.05) is 19.0 Å². The third kappa shape index (κ3) is 3.82. The molecule has 0 saturated heterocycles. The second kappa shape index (κ2) is 7.21. The summed E-state index contributed by atoms with van der Waals surface area (Å²) in [6.07, 6.45) is 0.776. The van der Waals surface area contributed by atoms with E-state index in [2.05, 4.69) is 10.1 Å². The highest BCUT2D eigenvalue weighted by molar-refractivity contribution is 5.96. The van der Waals surface area contributed by atoms with E-state index in [0.29, 0.717) is 12.2 Å². The van der Waals surface area contributed by atoms with Gasteiger partial charge < -0.3 is 10.1 Å². The molecule has 0 radical (unpaired) electrons. The van der Waals surface area contributed by atoms with Crippen LogP contribution in [-0.4, -0.2) is 24.5 Å². The van der Waals surface area contributed by atoms with Crippen LogP contribution in [0, 0.1) is 10.1 Å². The van der Waals surface area contributed by atoms with Crippen LogP contribution in [0.5, 0.6) is 0 Å². The van der Waals surface area contributed by atoms with E-state index in [1.807, 2.05) is 30.3 Å². The molecule has 0 fully saturated rings. The molecule has 6 heteroatoms. The molecule has 2 rings (SSSR count). The number of nitro benzene ring substituents is 1. The molecule has 0 unspecified atom stereocenters. The van der Waals surface area contributed by atoms with Gasteiger partial charge in [0, 0.05) is 24.4 Å². The van der Waals surface area contributed by atoms with Crippen LogP contribution in [0.25, 0.3) is 0 Å². The number of anilines is 1. The van der Waals surface area contributed by atoms with Gasteiger partial charge in [-0.1, -0.05) is 30.3 Å². The Morgan fingerprint density at radius 1 is 1.23 bits per heavy atom. The number of ether oxygens (including phenoxy) is 1. The standard InChI is InChI=1S/C16H16N2O4/c1-22-16(19)14-11-13(18(20)21)7-8-15(14)17-10-9-12-5-3-2-4-6-12/h2-8,11,17H,9-10H2,1H3. The summed E-state index contributed by atoms with van der Waals surface area (Å²) in [6, 6.07) is 14.0. The maximum Gasteiger partial charge on any atom is 0.340 e. The maximum absolute atomic E-state index is 11.8. The fourth-order valence-electron chi connectivity index (χ4n) is 2.06. The van der Waals surface area contributed by atoms with E-state index < -0.39 is 10.9 Å². The van der Waals surface area contributed by atoms with E-state index in [-0.39, 0.29) is 11.3 Å². The molecule has 0 aliphatic rings. The van der Waals surface area contributed by atoms with Gasteiger partial charge in [-0.3, -0.25) is 10.1 Å². The van der Waals surface area contributed by atoms with Gasteiger partial charge in [-0.25, -0.2) is 4.79 Å². The van der Waals surface area contributed by atoms with Crippen molar-refractivity contribution in [1.82, 2.24) is 0 Å². The van der Waals surface area contributed by atoms with Crippen molar-refractivity contribution in [1.29, 1.82) is 0 Å². The molecule has 6 nitrogen and oxygen atoms in total. The quantitative estimate of drug-likeness (QED) is 0.504. The Bertz CT molecular complexity index is 671. The first-order valence-corrected chi connectivity index (χ1v) is 6.76. The van der Waals surface area contributed by atoms with E-state index in [1.54, 1.807) is 0 Å². The van der Waals surface area contributed by atoms with E-state index in [1.165, 1.54) is 25.3 Å². The summed E-state index contributed by atoms with van der Waals surface area (Å²) in [5, 5.41) is 13.9. The molecule has 0 amide bonds. The summed E-state index contributed by atoms with van der Waals surface area (Å²) in [5.41, 5.74) is 1.70. The molecule has 0 aliphatic heterocycles. The maximum atomic E-state index is 11.8. The van der Waals surface area contributed by atoms with Crippen LogP contribution in [0.15, 0.2) is 48.5 Å². The van der Waals surface area contributed by atoms with Gasteiger partial charge in [0.25, 0.3) is 5.69 Å². The smallest absolute Gasteiger partial charge is 0.340 e. The van der Waals surface area contributed by atoms with Crippen molar-refractivity contribution < 1.29 is 14.5 Å². The van der Waals surface area contributed by atoms with Crippen molar-refractivity contribution >= 4 is 17.3 Å². The number of nitro groups is 1. The number of carbonyl (C=O) groups excluding carboxylic acids is 1. The zero-order valence-electron chi connectivity index (χ0n) is 12.1. The fraction of sp³-hybridized carbons (Fsp3) is 0.188. The van der Waals surface area contributed by atoms with E-state index in [9.17, 15) is 14.9 Å². The average Bonchev–Trinajstić information content (AvgIpc) is 2.55. The highest BCUT2D eigenvalue weighted by atomic mass is 16.6. The molecule has 0 bridgehead atoms. The Hall–Kier alpha value is -2.89. The SMILES string of the molecule is COC(=O)c1cc([N+](=O)[O-])ccc1NCCc1ccccc1. The number of methoxy groups -OCH3 is 1. The van der Waals surface area contributed by atoms with Crippen molar-refractivity contribution in [3.05, 3.63) is 69.8 Å². The summed E-state index contributed by atoms with van der Waals surface area (Å²) in [5.74, 6) is -0.606. The number of benzene rings is 2. The molecule has 0 atom stereocenters. The van der Waals surface area contributed by atoms with Crippen LogP contribution in [-0.2, 0) is 11.2 Å². The molecule has 0 heterocycles. The lowest BCUT2D eigenvalue weighted by atomic mass is 10.1. The minimum absolute atomic E-state index is 0.144. The number of nitrogens with one attached hydrogen (secondary N) is 1. The summed E-state index contributed by atoms with van der Waals surface area (Å²) in [7, 11) is 1.24. The average molecular weight is 300 g/mol. The highest BCUT2D eigenvalue weighted by Gasteiger charge is 2.16. The van der Waals surface area contributed by atoms with Crippen LogP contribution in [0.3, 0.4) is 0 Å². The third-order valence-corrected chi connectivity index (χ3v) is 3.19. The zero-order chi connectivity index (χ0) is 15.9. The minimum Gasteiger partial charge on any atom is -0.465 e. The van der Waals surface area contributed by atoms with Crippen LogP contribution in [0.2, 0.25) is 0 Å².